The van der Waals surface area contributed by atoms with Crippen LogP contribution in [0, 0.1) is 5.92 Å². The van der Waals surface area contributed by atoms with E-state index >= 15 is 0 Å². The SMILES string of the molecule is COC(=O)C1CCN([C@@H](C)C(=O)NC(C)C)CC1. The van der Waals surface area contributed by atoms with Crippen LogP contribution in [-0.4, -0.2) is 49.1 Å². The number of nitrogens with zero attached hydrogens (tertiary/aromatic N) is 1. The van der Waals surface area contributed by atoms with E-state index in [1.165, 1.54) is 7.11 Å². The fraction of sp³-hybridized carbons (Fsp3) is 0.846. The first-order chi connectivity index (χ1) is 8.45. The van der Waals surface area contributed by atoms with Gasteiger partial charge in [-0.25, -0.2) is 0 Å². The third kappa shape index (κ3) is 3.98. The van der Waals surface area contributed by atoms with Gasteiger partial charge in [-0.2, -0.15) is 0 Å². The maximum Gasteiger partial charge on any atom is 0.308 e. The monoisotopic (exact) mass is 256 g/mol. The van der Waals surface area contributed by atoms with Gasteiger partial charge in [-0.15, -0.1) is 0 Å². The van der Waals surface area contributed by atoms with Gasteiger partial charge < -0.3 is 10.1 Å². The Kier molecular flexibility index (Phi) is 5.59. The van der Waals surface area contributed by atoms with E-state index in [-0.39, 0.29) is 29.9 Å². The van der Waals surface area contributed by atoms with E-state index in [4.69, 9.17) is 4.74 Å². The summed E-state index contributed by atoms with van der Waals surface area (Å²) >= 11 is 0. The molecule has 0 unspecified atom stereocenters. The second kappa shape index (κ2) is 6.73. The predicted molar refractivity (Wildman–Crippen MR) is 69.1 cm³/mol. The molecule has 0 spiro atoms. The quantitative estimate of drug-likeness (QED) is 0.755. The largest absolute Gasteiger partial charge is 0.469 e. The number of amides is 1. The third-order valence-corrected chi connectivity index (χ3v) is 3.42. The van der Waals surface area contributed by atoms with Crippen molar-refractivity contribution in [3.8, 4) is 0 Å². The van der Waals surface area contributed by atoms with Gasteiger partial charge in [0.05, 0.1) is 19.1 Å². The van der Waals surface area contributed by atoms with Crippen LogP contribution in [-0.2, 0) is 14.3 Å². The van der Waals surface area contributed by atoms with E-state index in [0.29, 0.717) is 0 Å². The zero-order chi connectivity index (χ0) is 13.7. The van der Waals surface area contributed by atoms with Crippen molar-refractivity contribution < 1.29 is 14.3 Å². The van der Waals surface area contributed by atoms with Crippen molar-refractivity contribution in [3.63, 3.8) is 0 Å². The van der Waals surface area contributed by atoms with Crippen LogP contribution in [0.3, 0.4) is 0 Å². The molecule has 0 radical (unpaired) electrons. The zero-order valence-corrected chi connectivity index (χ0v) is 11.7. The predicted octanol–water partition coefficient (Wildman–Crippen LogP) is 0.785. The summed E-state index contributed by atoms with van der Waals surface area (Å²) in [7, 11) is 1.42. The van der Waals surface area contributed by atoms with Crippen LogP contribution in [0.2, 0.25) is 0 Å². The van der Waals surface area contributed by atoms with Crippen molar-refractivity contribution in [3.05, 3.63) is 0 Å². The van der Waals surface area contributed by atoms with E-state index in [9.17, 15) is 9.59 Å². The van der Waals surface area contributed by atoms with E-state index in [1.54, 1.807) is 0 Å². The number of carbonyl (C=O) groups is 2. The lowest BCUT2D eigenvalue weighted by Gasteiger charge is -2.34. The van der Waals surface area contributed by atoms with Gasteiger partial charge in [0, 0.05) is 6.04 Å². The van der Waals surface area contributed by atoms with Crippen molar-refractivity contribution in [1.82, 2.24) is 10.2 Å². The second-order valence-corrected chi connectivity index (χ2v) is 5.17. The van der Waals surface area contributed by atoms with Gasteiger partial charge in [-0.05, 0) is 46.7 Å². The number of rotatable bonds is 4. The molecule has 0 aliphatic carbocycles. The summed E-state index contributed by atoms with van der Waals surface area (Å²) in [6.45, 7) is 7.36. The number of likely N-dealkylation sites (tertiary alicyclic amines) is 1. The van der Waals surface area contributed by atoms with Gasteiger partial charge >= 0.3 is 5.97 Å². The highest BCUT2D eigenvalue weighted by Crippen LogP contribution is 2.20. The van der Waals surface area contributed by atoms with Crippen LogP contribution in [0.4, 0.5) is 0 Å². The van der Waals surface area contributed by atoms with E-state index < -0.39 is 0 Å². The molecule has 1 atom stereocenters. The Hall–Kier alpha value is -1.10. The average molecular weight is 256 g/mol. The Balaban J connectivity index is 2.42. The van der Waals surface area contributed by atoms with Crippen LogP contribution >= 0.6 is 0 Å². The minimum absolute atomic E-state index is 0.00777. The highest BCUT2D eigenvalue weighted by molar-refractivity contribution is 5.81. The first-order valence-corrected chi connectivity index (χ1v) is 6.58. The standard InChI is InChI=1S/C13H24N2O3/c1-9(2)14-12(16)10(3)15-7-5-11(6-8-15)13(17)18-4/h9-11H,5-8H2,1-4H3,(H,14,16)/t10-/m0/s1. The molecule has 1 heterocycles. The van der Waals surface area contributed by atoms with Crippen molar-refractivity contribution in [2.45, 2.75) is 45.7 Å². The minimum atomic E-state index is -0.133. The topological polar surface area (TPSA) is 58.6 Å². The van der Waals surface area contributed by atoms with Crippen LogP contribution < -0.4 is 5.32 Å². The Morgan fingerprint density at radius 3 is 2.22 bits per heavy atom. The van der Waals surface area contributed by atoms with Crippen LogP contribution in [0.25, 0.3) is 0 Å². The van der Waals surface area contributed by atoms with Crippen molar-refractivity contribution in [2.24, 2.45) is 5.92 Å². The molecular formula is C13H24N2O3. The third-order valence-electron chi connectivity index (χ3n) is 3.42. The molecule has 1 fully saturated rings. The minimum Gasteiger partial charge on any atom is -0.469 e. The van der Waals surface area contributed by atoms with Crippen LogP contribution in [0.1, 0.15) is 33.6 Å². The lowest BCUT2D eigenvalue weighted by atomic mass is 9.96. The Morgan fingerprint density at radius 1 is 1.22 bits per heavy atom. The summed E-state index contributed by atoms with van der Waals surface area (Å²) < 4.78 is 4.75. The summed E-state index contributed by atoms with van der Waals surface area (Å²) in [4.78, 5) is 25.4. The Labute approximate surface area is 109 Å². The molecule has 1 rings (SSSR count). The molecule has 0 aromatic rings. The number of piperidine rings is 1. The molecule has 0 bridgehead atoms. The summed E-state index contributed by atoms with van der Waals surface area (Å²) in [6.07, 6.45) is 1.54. The van der Waals surface area contributed by atoms with Gasteiger partial charge in [-0.1, -0.05) is 0 Å². The molecule has 5 nitrogen and oxygen atoms in total. The maximum absolute atomic E-state index is 11.9. The van der Waals surface area contributed by atoms with Crippen molar-refractivity contribution in [2.75, 3.05) is 20.2 Å². The molecule has 1 aliphatic rings. The van der Waals surface area contributed by atoms with Gasteiger partial charge in [0.25, 0.3) is 0 Å². The molecule has 1 saturated heterocycles. The normalized spacial score (nSPS) is 19.6. The lowest BCUT2D eigenvalue weighted by Crippen LogP contribution is -2.50. The lowest BCUT2D eigenvalue weighted by molar-refractivity contribution is -0.147. The Morgan fingerprint density at radius 2 is 1.78 bits per heavy atom. The number of nitrogens with one attached hydrogen (secondary N) is 1. The molecule has 1 aliphatic heterocycles. The first kappa shape index (κ1) is 15.0. The van der Waals surface area contributed by atoms with Crippen molar-refractivity contribution in [1.29, 1.82) is 0 Å². The second-order valence-electron chi connectivity index (χ2n) is 5.17. The fourth-order valence-electron chi connectivity index (χ4n) is 2.26. The molecule has 18 heavy (non-hydrogen) atoms. The van der Waals surface area contributed by atoms with E-state index in [0.717, 1.165) is 25.9 Å². The van der Waals surface area contributed by atoms with Crippen LogP contribution in [0.5, 0.6) is 0 Å². The van der Waals surface area contributed by atoms with E-state index in [2.05, 4.69) is 10.2 Å². The Bertz CT molecular complexity index is 297. The van der Waals surface area contributed by atoms with Gasteiger partial charge in [0.1, 0.15) is 0 Å². The molecule has 0 saturated carbocycles. The molecule has 1 N–H and O–H groups in total. The number of esters is 1. The zero-order valence-electron chi connectivity index (χ0n) is 11.7. The first-order valence-electron chi connectivity index (χ1n) is 6.58. The van der Waals surface area contributed by atoms with E-state index in [1.807, 2.05) is 20.8 Å². The molecule has 1 amide bonds. The number of carbonyl (C=O) groups excluding carboxylic acids is 2. The molecular weight excluding hydrogens is 232 g/mol. The van der Waals surface area contributed by atoms with Gasteiger partial charge in [-0.3, -0.25) is 14.5 Å². The fourth-order valence-corrected chi connectivity index (χ4v) is 2.26. The summed E-state index contributed by atoms with van der Waals surface area (Å²) in [5.74, 6) is -0.0814. The number of ether oxygens (including phenoxy) is 1. The summed E-state index contributed by atoms with van der Waals surface area (Å²) in [6, 6.07) is 0.0264. The number of hydrogen-bond donors (Lipinski definition) is 1. The smallest absolute Gasteiger partial charge is 0.308 e. The summed E-state index contributed by atoms with van der Waals surface area (Å²) in [5, 5.41) is 2.91. The maximum atomic E-state index is 11.9. The highest BCUT2D eigenvalue weighted by atomic mass is 16.5. The van der Waals surface area contributed by atoms with Gasteiger partial charge in [0.2, 0.25) is 5.91 Å². The molecule has 0 aromatic carbocycles. The molecule has 0 aromatic heterocycles. The highest BCUT2D eigenvalue weighted by Gasteiger charge is 2.30. The van der Waals surface area contributed by atoms with Gasteiger partial charge in [0.15, 0.2) is 0 Å². The van der Waals surface area contributed by atoms with Crippen LogP contribution in [0.15, 0.2) is 0 Å². The molecule has 104 valence electrons. The molecule has 5 heteroatoms. The van der Waals surface area contributed by atoms with Crippen molar-refractivity contribution >= 4 is 11.9 Å². The number of methoxy groups -OCH3 is 1. The number of hydrogen-bond acceptors (Lipinski definition) is 4. The average Bonchev–Trinajstić information content (AvgIpc) is 2.36. The summed E-state index contributed by atoms with van der Waals surface area (Å²) in [5.41, 5.74) is 0.